The van der Waals surface area contributed by atoms with Crippen LogP contribution in [0.2, 0.25) is 0 Å². The van der Waals surface area contributed by atoms with Gasteiger partial charge in [-0.3, -0.25) is 0 Å². The van der Waals surface area contributed by atoms with Crippen LogP contribution in [-0.2, 0) is 36.9 Å². The van der Waals surface area contributed by atoms with E-state index in [4.69, 9.17) is 0 Å². The topological polar surface area (TPSA) is 40.5 Å². The maximum Gasteiger partial charge on any atom is 0.0843 e. The van der Waals surface area contributed by atoms with E-state index in [-0.39, 0.29) is 0 Å². The molecule has 4 aliphatic rings. The quantitative estimate of drug-likeness (QED) is 0.876. The molecule has 0 amide bonds. The van der Waals surface area contributed by atoms with Crippen molar-refractivity contribution in [2.45, 2.75) is 64.6 Å². The van der Waals surface area contributed by atoms with E-state index in [1.165, 1.54) is 22.3 Å². The highest BCUT2D eigenvalue weighted by Gasteiger charge is 2.23. The summed E-state index contributed by atoms with van der Waals surface area (Å²) in [6, 6.07) is 13.0. The highest BCUT2D eigenvalue weighted by Crippen LogP contribution is 2.30. The minimum atomic E-state index is -0.823. The Labute approximate surface area is 145 Å². The number of hydrogen-bond acceptors (Lipinski definition) is 2. The zero-order valence-corrected chi connectivity index (χ0v) is 15.2. The second-order valence-electron chi connectivity index (χ2n) is 8.10. The van der Waals surface area contributed by atoms with Crippen LogP contribution >= 0.6 is 0 Å². The van der Waals surface area contributed by atoms with Crippen LogP contribution in [0.1, 0.15) is 61.1 Å². The highest BCUT2D eigenvalue weighted by molar-refractivity contribution is 5.41. The zero-order valence-electron chi connectivity index (χ0n) is 15.2. The molecule has 128 valence electrons. The Balaban J connectivity index is 2.07. The fourth-order valence-electron chi connectivity index (χ4n) is 3.69. The minimum Gasteiger partial charge on any atom is -0.386 e. The molecule has 2 aromatic carbocycles. The smallest absolute Gasteiger partial charge is 0.0843 e. The molecular formula is C22H28O2. The average molecular weight is 324 g/mol. The number of aliphatic hydroxyl groups is 2. The molecule has 0 aliphatic heterocycles. The standard InChI is InChI=1S/C22H28O2/c1-21(2,23)19-13-15-5-9-17(19)11-7-16-6-10-18(12-8-15)20(14-16)22(3,4)24/h5-6,9-10,13-14,23-24H,7-8,11-12H2,1-4H3. The molecule has 0 heterocycles. The van der Waals surface area contributed by atoms with E-state index in [0.29, 0.717) is 0 Å². The number of aryl methyl sites for hydroxylation is 4. The highest BCUT2D eigenvalue weighted by atomic mass is 16.3. The predicted octanol–water partition coefficient (Wildman–Crippen LogP) is 4.03. The molecule has 2 nitrogen and oxygen atoms in total. The molecule has 6 rings (SSSR count). The van der Waals surface area contributed by atoms with Crippen molar-refractivity contribution >= 4 is 0 Å². The Morgan fingerprint density at radius 1 is 0.625 bits per heavy atom. The first kappa shape index (κ1) is 17.2. The van der Waals surface area contributed by atoms with E-state index in [0.717, 1.165) is 36.8 Å². The van der Waals surface area contributed by atoms with Crippen molar-refractivity contribution < 1.29 is 10.2 Å². The van der Waals surface area contributed by atoms with Crippen molar-refractivity contribution in [3.63, 3.8) is 0 Å². The molecule has 2 aromatic rings. The molecule has 0 radical (unpaired) electrons. The van der Waals surface area contributed by atoms with Crippen molar-refractivity contribution in [2.75, 3.05) is 0 Å². The normalized spacial score (nSPS) is 15.2. The van der Waals surface area contributed by atoms with E-state index < -0.39 is 11.2 Å². The van der Waals surface area contributed by atoms with Crippen molar-refractivity contribution in [2.24, 2.45) is 0 Å². The first-order valence-corrected chi connectivity index (χ1v) is 8.84. The van der Waals surface area contributed by atoms with Gasteiger partial charge in [-0.05, 0) is 86.8 Å². The van der Waals surface area contributed by atoms with Crippen LogP contribution in [0, 0.1) is 0 Å². The SMILES string of the molecule is CC(C)(O)c1cc2ccc1CCc1ccc(c(C(C)(C)O)c1)CC2. The number of rotatable bonds is 2. The van der Waals surface area contributed by atoms with Gasteiger partial charge in [0.1, 0.15) is 0 Å². The number of hydrogen-bond donors (Lipinski definition) is 2. The molecule has 0 saturated carbocycles. The summed E-state index contributed by atoms with van der Waals surface area (Å²) in [6.07, 6.45) is 3.60. The fraction of sp³-hybridized carbons (Fsp3) is 0.455. The van der Waals surface area contributed by atoms with E-state index in [1.807, 2.05) is 27.7 Å². The maximum atomic E-state index is 10.5. The Hall–Kier alpha value is -1.64. The third kappa shape index (κ3) is 3.55. The van der Waals surface area contributed by atoms with Crippen LogP contribution in [0.4, 0.5) is 0 Å². The van der Waals surface area contributed by atoms with E-state index in [1.54, 1.807) is 0 Å². The summed E-state index contributed by atoms with van der Waals surface area (Å²) in [4.78, 5) is 0. The van der Waals surface area contributed by atoms with Crippen molar-refractivity contribution in [3.8, 4) is 0 Å². The van der Waals surface area contributed by atoms with Crippen molar-refractivity contribution in [1.82, 2.24) is 0 Å². The van der Waals surface area contributed by atoms with Gasteiger partial charge in [-0.15, -0.1) is 0 Å². The van der Waals surface area contributed by atoms with Crippen LogP contribution in [-0.4, -0.2) is 10.2 Å². The first-order valence-electron chi connectivity index (χ1n) is 8.84. The molecule has 2 heteroatoms. The molecule has 0 aromatic heterocycles. The second-order valence-corrected chi connectivity index (χ2v) is 8.10. The third-order valence-electron chi connectivity index (χ3n) is 5.03. The monoisotopic (exact) mass is 324 g/mol. The lowest BCUT2D eigenvalue weighted by Gasteiger charge is -2.26. The molecule has 0 fully saturated rings. The van der Waals surface area contributed by atoms with Gasteiger partial charge in [0.25, 0.3) is 0 Å². The Morgan fingerprint density at radius 3 is 1.33 bits per heavy atom. The van der Waals surface area contributed by atoms with Crippen LogP contribution in [0.15, 0.2) is 36.4 Å². The van der Waals surface area contributed by atoms with Gasteiger partial charge in [-0.2, -0.15) is 0 Å². The van der Waals surface area contributed by atoms with Crippen molar-refractivity contribution in [3.05, 3.63) is 69.8 Å². The van der Waals surface area contributed by atoms with E-state index in [2.05, 4.69) is 36.4 Å². The van der Waals surface area contributed by atoms with Gasteiger partial charge < -0.3 is 10.2 Å². The van der Waals surface area contributed by atoms with Gasteiger partial charge in [0.05, 0.1) is 11.2 Å². The summed E-state index contributed by atoms with van der Waals surface area (Å²) in [5.74, 6) is 0. The van der Waals surface area contributed by atoms with Crippen LogP contribution in [0.5, 0.6) is 0 Å². The van der Waals surface area contributed by atoms with Crippen LogP contribution in [0.25, 0.3) is 0 Å². The minimum absolute atomic E-state index is 0.823. The van der Waals surface area contributed by atoms with Gasteiger partial charge >= 0.3 is 0 Å². The van der Waals surface area contributed by atoms with Crippen molar-refractivity contribution in [1.29, 1.82) is 0 Å². The summed E-state index contributed by atoms with van der Waals surface area (Å²) < 4.78 is 0. The lowest BCUT2D eigenvalue weighted by molar-refractivity contribution is 0.0773. The summed E-state index contributed by atoms with van der Waals surface area (Å²) in [5.41, 5.74) is 5.33. The van der Waals surface area contributed by atoms with Gasteiger partial charge in [-0.25, -0.2) is 0 Å². The van der Waals surface area contributed by atoms with Gasteiger partial charge in [0.15, 0.2) is 0 Å². The molecule has 0 atom stereocenters. The molecule has 4 aliphatic carbocycles. The summed E-state index contributed by atoms with van der Waals surface area (Å²) in [5, 5.41) is 21.1. The molecule has 24 heavy (non-hydrogen) atoms. The third-order valence-corrected chi connectivity index (χ3v) is 5.03. The Morgan fingerprint density at radius 2 is 1.00 bits per heavy atom. The molecule has 0 unspecified atom stereocenters. The zero-order chi connectivity index (χ0) is 17.5. The second kappa shape index (κ2) is 6.02. The fourth-order valence-corrected chi connectivity index (χ4v) is 3.69. The largest absolute Gasteiger partial charge is 0.386 e. The van der Waals surface area contributed by atoms with Gasteiger partial charge in [0.2, 0.25) is 0 Å². The summed E-state index contributed by atoms with van der Waals surface area (Å²) in [7, 11) is 0. The van der Waals surface area contributed by atoms with E-state index >= 15 is 0 Å². The first-order chi connectivity index (χ1) is 11.1. The molecular weight excluding hydrogens is 296 g/mol. The number of benzene rings is 2. The lowest BCUT2D eigenvalue weighted by atomic mass is 9.84. The lowest BCUT2D eigenvalue weighted by Crippen LogP contribution is -2.21. The summed E-state index contributed by atoms with van der Waals surface area (Å²) in [6.45, 7) is 7.45. The van der Waals surface area contributed by atoms with Crippen LogP contribution < -0.4 is 0 Å². The van der Waals surface area contributed by atoms with Gasteiger partial charge in [0, 0.05) is 0 Å². The molecule has 4 bridgehead atoms. The van der Waals surface area contributed by atoms with E-state index in [9.17, 15) is 10.2 Å². The average Bonchev–Trinajstić information content (AvgIpc) is 2.47. The van der Waals surface area contributed by atoms with Crippen LogP contribution in [0.3, 0.4) is 0 Å². The molecule has 0 saturated heterocycles. The van der Waals surface area contributed by atoms with Gasteiger partial charge in [-0.1, -0.05) is 36.4 Å². The molecule has 0 spiro atoms. The summed E-state index contributed by atoms with van der Waals surface area (Å²) >= 11 is 0. The maximum absolute atomic E-state index is 10.5. The molecule has 2 N–H and O–H groups in total. The Bertz CT molecular complexity index is 680. The Kier molecular flexibility index (Phi) is 4.31. The predicted molar refractivity (Wildman–Crippen MR) is 98.2 cm³/mol.